The number of hydrogen-bond donors (Lipinski definition) is 2. The number of phenols is 1. The molecule has 0 saturated carbocycles. The van der Waals surface area contributed by atoms with E-state index in [2.05, 4.69) is 0 Å². The average molecular weight is 188 g/mol. The van der Waals surface area contributed by atoms with E-state index in [1.165, 1.54) is 13.8 Å². The van der Waals surface area contributed by atoms with Crippen LogP contribution in [0.3, 0.4) is 0 Å². The summed E-state index contributed by atoms with van der Waals surface area (Å²) in [7, 11) is 0. The molecule has 0 radical (unpaired) electrons. The van der Waals surface area contributed by atoms with E-state index >= 15 is 0 Å². The highest BCUT2D eigenvalue weighted by molar-refractivity contribution is 5.37. The summed E-state index contributed by atoms with van der Waals surface area (Å²) in [5.74, 6) is -2.61. The first-order valence-corrected chi connectivity index (χ1v) is 3.73. The maximum absolute atomic E-state index is 12.8. The molecule has 0 atom stereocenters. The highest BCUT2D eigenvalue weighted by Gasteiger charge is 2.23. The summed E-state index contributed by atoms with van der Waals surface area (Å²) in [4.78, 5) is 0. The van der Waals surface area contributed by atoms with Gasteiger partial charge in [0.1, 0.15) is 5.82 Å². The first-order valence-electron chi connectivity index (χ1n) is 3.73. The Hall–Kier alpha value is -1.16. The third-order valence-electron chi connectivity index (χ3n) is 1.69. The fourth-order valence-electron chi connectivity index (χ4n) is 1.03. The quantitative estimate of drug-likeness (QED) is 0.706. The van der Waals surface area contributed by atoms with Gasteiger partial charge in [-0.1, -0.05) is 0 Å². The van der Waals surface area contributed by atoms with Crippen molar-refractivity contribution in [1.82, 2.24) is 0 Å². The van der Waals surface area contributed by atoms with Gasteiger partial charge in [0, 0.05) is 11.6 Å². The minimum absolute atomic E-state index is 0.162. The van der Waals surface area contributed by atoms with Crippen LogP contribution in [0.2, 0.25) is 0 Å². The first kappa shape index (κ1) is 9.92. The normalized spacial score (nSPS) is 11.8. The van der Waals surface area contributed by atoms with Crippen LogP contribution in [-0.2, 0) is 5.60 Å². The van der Waals surface area contributed by atoms with E-state index < -0.39 is 23.0 Å². The molecule has 0 spiro atoms. The number of aromatic hydroxyl groups is 1. The van der Waals surface area contributed by atoms with Crippen LogP contribution in [0.25, 0.3) is 0 Å². The number of rotatable bonds is 1. The molecule has 0 bridgehead atoms. The van der Waals surface area contributed by atoms with Gasteiger partial charge in [0.2, 0.25) is 0 Å². The maximum Gasteiger partial charge on any atom is 0.168 e. The Morgan fingerprint density at radius 1 is 1.23 bits per heavy atom. The monoisotopic (exact) mass is 188 g/mol. The van der Waals surface area contributed by atoms with Crippen LogP contribution in [0, 0.1) is 11.6 Å². The van der Waals surface area contributed by atoms with Gasteiger partial charge in [-0.05, 0) is 19.9 Å². The highest BCUT2D eigenvalue weighted by atomic mass is 19.1. The number of benzene rings is 1. The largest absolute Gasteiger partial charge is 0.505 e. The summed E-state index contributed by atoms with van der Waals surface area (Å²) in [5, 5.41) is 18.6. The summed E-state index contributed by atoms with van der Waals surface area (Å²) in [6.45, 7) is 2.67. The number of aliphatic hydroxyl groups is 1. The summed E-state index contributed by atoms with van der Waals surface area (Å²) >= 11 is 0. The van der Waals surface area contributed by atoms with Crippen molar-refractivity contribution in [3.05, 3.63) is 29.3 Å². The molecule has 0 fully saturated rings. The van der Waals surface area contributed by atoms with Crippen molar-refractivity contribution in [2.45, 2.75) is 19.4 Å². The van der Waals surface area contributed by atoms with Crippen molar-refractivity contribution in [3.63, 3.8) is 0 Å². The smallest absolute Gasteiger partial charge is 0.168 e. The zero-order valence-corrected chi connectivity index (χ0v) is 7.31. The van der Waals surface area contributed by atoms with Crippen molar-refractivity contribution >= 4 is 0 Å². The van der Waals surface area contributed by atoms with Crippen LogP contribution in [0.5, 0.6) is 5.75 Å². The predicted molar refractivity (Wildman–Crippen MR) is 43.3 cm³/mol. The van der Waals surface area contributed by atoms with Crippen molar-refractivity contribution in [2.75, 3.05) is 0 Å². The number of halogens is 2. The Morgan fingerprint density at radius 3 is 2.23 bits per heavy atom. The molecule has 0 unspecified atom stereocenters. The molecule has 0 heterocycles. The standard InChI is InChI=1S/C9H10F2O2/c1-9(2,13)6-3-5(10)4-7(11)8(6)12/h3-4,12-13H,1-2H3. The molecule has 1 aromatic rings. The van der Waals surface area contributed by atoms with Gasteiger partial charge in [0.05, 0.1) is 5.60 Å². The van der Waals surface area contributed by atoms with Gasteiger partial charge >= 0.3 is 0 Å². The van der Waals surface area contributed by atoms with Gasteiger partial charge in [-0.3, -0.25) is 0 Å². The topological polar surface area (TPSA) is 40.5 Å². The molecule has 4 heteroatoms. The highest BCUT2D eigenvalue weighted by Crippen LogP contribution is 2.31. The molecule has 1 aromatic carbocycles. The van der Waals surface area contributed by atoms with Gasteiger partial charge in [-0.25, -0.2) is 8.78 Å². The van der Waals surface area contributed by atoms with E-state index in [0.717, 1.165) is 6.07 Å². The molecule has 0 amide bonds. The Labute approximate surface area is 74.4 Å². The molecule has 2 nitrogen and oxygen atoms in total. The van der Waals surface area contributed by atoms with Crippen molar-refractivity contribution in [2.24, 2.45) is 0 Å². The van der Waals surface area contributed by atoms with E-state index in [1.54, 1.807) is 0 Å². The maximum atomic E-state index is 12.8. The molecule has 13 heavy (non-hydrogen) atoms. The lowest BCUT2D eigenvalue weighted by Crippen LogP contribution is -2.16. The summed E-state index contributed by atoms with van der Waals surface area (Å²) in [6.07, 6.45) is 0. The minimum atomic E-state index is -1.47. The van der Waals surface area contributed by atoms with E-state index in [4.69, 9.17) is 5.11 Å². The van der Waals surface area contributed by atoms with Crippen LogP contribution in [-0.4, -0.2) is 10.2 Å². The molecule has 0 aliphatic rings. The summed E-state index contributed by atoms with van der Waals surface area (Å²) < 4.78 is 25.4. The SMILES string of the molecule is CC(C)(O)c1cc(F)cc(F)c1O. The molecular weight excluding hydrogens is 178 g/mol. The van der Waals surface area contributed by atoms with Gasteiger partial charge in [0.25, 0.3) is 0 Å². The van der Waals surface area contributed by atoms with E-state index in [-0.39, 0.29) is 5.56 Å². The first-order chi connectivity index (χ1) is 5.82. The lowest BCUT2D eigenvalue weighted by molar-refractivity contribution is 0.0747. The van der Waals surface area contributed by atoms with E-state index in [1.807, 2.05) is 0 Å². The summed E-state index contributed by atoms with van der Waals surface area (Å²) in [5.41, 5.74) is -1.63. The van der Waals surface area contributed by atoms with Crippen LogP contribution in [0.1, 0.15) is 19.4 Å². The number of hydrogen-bond acceptors (Lipinski definition) is 2. The lowest BCUT2D eigenvalue weighted by atomic mass is 9.97. The molecule has 2 N–H and O–H groups in total. The Morgan fingerprint density at radius 2 is 1.77 bits per heavy atom. The van der Waals surface area contributed by atoms with Gasteiger partial charge < -0.3 is 10.2 Å². The molecule has 0 aliphatic heterocycles. The zero-order chi connectivity index (χ0) is 10.2. The van der Waals surface area contributed by atoms with Crippen LogP contribution >= 0.6 is 0 Å². The molecule has 72 valence electrons. The van der Waals surface area contributed by atoms with Gasteiger partial charge in [0.15, 0.2) is 11.6 Å². The van der Waals surface area contributed by atoms with E-state index in [9.17, 15) is 13.9 Å². The van der Waals surface area contributed by atoms with Gasteiger partial charge in [-0.2, -0.15) is 0 Å². The van der Waals surface area contributed by atoms with E-state index in [0.29, 0.717) is 6.07 Å². The van der Waals surface area contributed by atoms with Crippen LogP contribution < -0.4 is 0 Å². The predicted octanol–water partition coefficient (Wildman–Crippen LogP) is 1.90. The second kappa shape index (κ2) is 2.96. The third kappa shape index (κ3) is 1.95. The van der Waals surface area contributed by atoms with Crippen molar-refractivity contribution in [3.8, 4) is 5.75 Å². The van der Waals surface area contributed by atoms with Crippen molar-refractivity contribution < 1.29 is 19.0 Å². The van der Waals surface area contributed by atoms with Crippen LogP contribution in [0.15, 0.2) is 12.1 Å². The summed E-state index contributed by atoms with van der Waals surface area (Å²) in [6, 6.07) is 1.46. The van der Waals surface area contributed by atoms with Gasteiger partial charge in [-0.15, -0.1) is 0 Å². The van der Waals surface area contributed by atoms with Crippen LogP contribution in [0.4, 0.5) is 8.78 Å². The zero-order valence-electron chi connectivity index (χ0n) is 7.31. The Balaban J connectivity index is 3.37. The lowest BCUT2D eigenvalue weighted by Gasteiger charge is -2.19. The fourth-order valence-corrected chi connectivity index (χ4v) is 1.03. The molecule has 0 saturated heterocycles. The average Bonchev–Trinajstić information content (AvgIpc) is 1.94. The van der Waals surface area contributed by atoms with Crippen molar-refractivity contribution in [1.29, 1.82) is 0 Å². The molecule has 1 rings (SSSR count). The number of phenolic OH excluding ortho intramolecular Hbond substituents is 1. The Bertz CT molecular complexity index is 329. The third-order valence-corrected chi connectivity index (χ3v) is 1.69. The fraction of sp³-hybridized carbons (Fsp3) is 0.333. The molecule has 0 aromatic heterocycles. The minimum Gasteiger partial charge on any atom is -0.505 e. The molecular formula is C9H10F2O2. The Kier molecular flexibility index (Phi) is 2.26. The molecule has 0 aliphatic carbocycles. The second-order valence-electron chi connectivity index (χ2n) is 3.34. The second-order valence-corrected chi connectivity index (χ2v) is 3.34.